The summed E-state index contributed by atoms with van der Waals surface area (Å²) in [6.07, 6.45) is 25.9. The molecule has 61 heavy (non-hydrogen) atoms. The Hall–Kier alpha value is -3.01. The van der Waals surface area contributed by atoms with Crippen molar-refractivity contribution in [2.45, 2.75) is 196 Å². The predicted molar refractivity (Wildman–Crippen MR) is 237 cm³/mol. The molecule has 0 amide bonds. The van der Waals surface area contributed by atoms with Gasteiger partial charge < -0.3 is 23.7 Å². The number of allylic oxidation sites excluding steroid dienone is 2. The minimum atomic E-state index is -0.866. The van der Waals surface area contributed by atoms with Gasteiger partial charge in [-0.15, -0.1) is 0 Å². The highest BCUT2D eigenvalue weighted by Gasteiger charge is 2.60. The molecule has 0 heterocycles. The molecule has 4 aliphatic rings. The summed E-state index contributed by atoms with van der Waals surface area (Å²) in [6, 6.07) is 0. The lowest BCUT2D eigenvalue weighted by Crippen LogP contribution is -2.54. The Bertz CT molecular complexity index is 1440. The third-order valence-corrected chi connectivity index (χ3v) is 15.4. The molecule has 4 saturated carbocycles. The summed E-state index contributed by atoms with van der Waals surface area (Å²) < 4.78 is 28.1. The van der Waals surface area contributed by atoms with Crippen LogP contribution in [0.5, 0.6) is 0 Å². The zero-order valence-electron chi connectivity index (χ0n) is 39.1. The number of esters is 4. The van der Waals surface area contributed by atoms with E-state index in [2.05, 4.69) is 13.8 Å². The van der Waals surface area contributed by atoms with E-state index in [9.17, 15) is 24.0 Å². The lowest BCUT2D eigenvalue weighted by molar-refractivity contribution is -0.177. The molecule has 4 rings (SSSR count). The molecule has 346 valence electrons. The van der Waals surface area contributed by atoms with Crippen molar-refractivity contribution in [1.82, 2.24) is 0 Å². The molecule has 0 aromatic carbocycles. The van der Waals surface area contributed by atoms with Crippen molar-refractivity contribution < 1.29 is 47.7 Å². The van der Waals surface area contributed by atoms with Gasteiger partial charge in [0.2, 0.25) is 0 Å². The minimum Gasteiger partial charge on any atom is -0.461 e. The van der Waals surface area contributed by atoms with E-state index in [1.54, 1.807) is 12.2 Å². The largest absolute Gasteiger partial charge is 0.461 e. The van der Waals surface area contributed by atoms with Gasteiger partial charge in [0, 0.05) is 12.3 Å². The molecule has 10 atom stereocenters. The Morgan fingerprint density at radius 3 is 1.92 bits per heavy atom. The number of ether oxygens (including phenoxy) is 5. The van der Waals surface area contributed by atoms with Crippen LogP contribution in [0.1, 0.15) is 183 Å². The molecule has 4 fully saturated rings. The van der Waals surface area contributed by atoms with Crippen LogP contribution in [-0.4, -0.2) is 61.9 Å². The molecule has 0 aromatic heterocycles. The van der Waals surface area contributed by atoms with Crippen LogP contribution in [0.15, 0.2) is 24.3 Å². The minimum absolute atomic E-state index is 0.0390. The van der Waals surface area contributed by atoms with E-state index >= 15 is 0 Å². The molecule has 0 aliphatic heterocycles. The van der Waals surface area contributed by atoms with Crippen molar-refractivity contribution in [3.05, 3.63) is 24.3 Å². The highest BCUT2D eigenvalue weighted by atomic mass is 16.7. The van der Waals surface area contributed by atoms with E-state index in [0.717, 1.165) is 88.9 Å². The van der Waals surface area contributed by atoms with Gasteiger partial charge in [-0.2, -0.15) is 0 Å². The van der Waals surface area contributed by atoms with E-state index < -0.39 is 24.0 Å². The number of fused-ring (bicyclic) bond motifs is 5. The summed E-state index contributed by atoms with van der Waals surface area (Å²) in [6.45, 7) is 14.4. The average molecular weight is 855 g/mol. The standard InChI is InChI=1S/C51H82O10/c1-8-10-15-21-46(53)57-33-41(34-58-47(54)22-16-11-9-2)61-48(55)31-36(3)19-17-13-12-14-18-20-37(4)49(56)60-35-59-40-27-29-50(6)39(32-40)23-24-42-44-26-25-43(38(5)52)51(44,7)30-28-45(42)50/h10-11,15-16,36-37,39-45H,8-9,12-14,17-35H2,1-7H3/b15-10-,16-11-/t36?,37?,39-,40+,42-,43+,44-,45-,50-,51+/m0/s1. The van der Waals surface area contributed by atoms with Crippen LogP contribution in [0.3, 0.4) is 0 Å². The maximum Gasteiger partial charge on any atom is 0.310 e. The Morgan fingerprint density at radius 2 is 1.28 bits per heavy atom. The van der Waals surface area contributed by atoms with Crippen molar-refractivity contribution in [2.24, 2.45) is 52.3 Å². The summed E-state index contributed by atoms with van der Waals surface area (Å²) in [5.74, 6) is 2.02. The number of ketones is 1. The fraction of sp³-hybridized carbons (Fsp3) is 0.824. The maximum absolute atomic E-state index is 12.8. The second-order valence-corrected chi connectivity index (χ2v) is 19.8. The van der Waals surface area contributed by atoms with Crippen LogP contribution >= 0.6 is 0 Å². The number of carbonyl (C=O) groups excluding carboxylic acids is 5. The number of hydrogen-bond donors (Lipinski definition) is 0. The topological polar surface area (TPSA) is 132 Å². The predicted octanol–water partition coefficient (Wildman–Crippen LogP) is 11.2. The Morgan fingerprint density at radius 1 is 0.672 bits per heavy atom. The molecule has 2 unspecified atom stereocenters. The van der Waals surface area contributed by atoms with Crippen molar-refractivity contribution >= 4 is 29.7 Å². The van der Waals surface area contributed by atoms with E-state index in [1.165, 1.54) is 38.5 Å². The molecule has 0 radical (unpaired) electrons. The van der Waals surface area contributed by atoms with Crippen molar-refractivity contribution in [1.29, 1.82) is 0 Å². The summed E-state index contributed by atoms with van der Waals surface area (Å²) >= 11 is 0. The zero-order valence-corrected chi connectivity index (χ0v) is 39.1. The number of rotatable bonds is 26. The van der Waals surface area contributed by atoms with Crippen molar-refractivity contribution in [3.63, 3.8) is 0 Å². The normalized spacial score (nSPS) is 29.4. The fourth-order valence-electron chi connectivity index (χ4n) is 11.9. The first-order valence-corrected chi connectivity index (χ1v) is 24.3. The molecular weight excluding hydrogens is 773 g/mol. The van der Waals surface area contributed by atoms with E-state index in [4.69, 9.17) is 23.7 Å². The maximum atomic E-state index is 12.8. The lowest BCUT2D eigenvalue weighted by Gasteiger charge is -2.61. The summed E-state index contributed by atoms with van der Waals surface area (Å²) in [5.41, 5.74) is 0.544. The number of unbranched alkanes of at least 4 members (excludes halogenated alkanes) is 4. The second-order valence-electron chi connectivity index (χ2n) is 19.8. The Kier molecular flexibility index (Phi) is 21.0. The fourth-order valence-corrected chi connectivity index (χ4v) is 11.9. The first-order chi connectivity index (χ1) is 29.2. The van der Waals surface area contributed by atoms with Gasteiger partial charge in [-0.25, -0.2) is 0 Å². The van der Waals surface area contributed by atoms with Crippen LogP contribution in [0.25, 0.3) is 0 Å². The quantitative estimate of drug-likeness (QED) is 0.0272. The Labute approximate surface area is 368 Å². The van der Waals surface area contributed by atoms with Crippen molar-refractivity contribution in [3.8, 4) is 0 Å². The second kappa shape index (κ2) is 25.3. The van der Waals surface area contributed by atoms with Crippen molar-refractivity contribution in [2.75, 3.05) is 20.0 Å². The van der Waals surface area contributed by atoms with Gasteiger partial charge in [0.25, 0.3) is 0 Å². The highest BCUT2D eigenvalue weighted by molar-refractivity contribution is 5.79. The molecule has 10 nitrogen and oxygen atoms in total. The molecule has 0 saturated heterocycles. The van der Waals surface area contributed by atoms with Gasteiger partial charge in [-0.1, -0.05) is 104 Å². The van der Waals surface area contributed by atoms with Crippen LogP contribution in [-0.2, 0) is 47.7 Å². The SMILES string of the molecule is CC/C=C\CC(=O)OCC(COC(=O)C/C=C\CC)OC(=O)CC(C)CCCCCCCC(C)C(=O)OCO[C@@H]1CC[C@@]2(C)[C@@H](CC[C@@H]3[C@@H]2CC[C@]2(C)[C@@H](C(C)=O)CC[C@@H]32)C1. The van der Waals surface area contributed by atoms with Crippen LogP contribution < -0.4 is 0 Å². The molecule has 0 bridgehead atoms. The van der Waals surface area contributed by atoms with E-state index in [-0.39, 0.29) is 74.5 Å². The monoisotopic (exact) mass is 855 g/mol. The zero-order chi connectivity index (χ0) is 44.4. The molecule has 10 heteroatoms. The smallest absolute Gasteiger partial charge is 0.310 e. The number of Topliss-reactive ketones (excluding diaryl/α,β-unsaturated/α-hetero) is 1. The first kappa shape index (κ1) is 50.6. The number of carbonyl (C=O) groups is 5. The first-order valence-electron chi connectivity index (χ1n) is 24.3. The van der Waals surface area contributed by atoms with Gasteiger partial charge in [-0.05, 0) is 124 Å². The summed E-state index contributed by atoms with van der Waals surface area (Å²) in [5, 5.41) is 0. The molecular formula is C51H82O10. The molecule has 0 aromatic rings. The van der Waals surface area contributed by atoms with Crippen LogP contribution in [0, 0.1) is 52.3 Å². The van der Waals surface area contributed by atoms with Gasteiger partial charge >= 0.3 is 23.9 Å². The third kappa shape index (κ3) is 15.1. The van der Waals surface area contributed by atoms with Crippen LogP contribution in [0.2, 0.25) is 0 Å². The van der Waals surface area contributed by atoms with Gasteiger partial charge in [-0.3, -0.25) is 24.0 Å². The average Bonchev–Trinajstić information content (AvgIpc) is 3.59. The molecule has 0 spiro atoms. The van der Waals surface area contributed by atoms with E-state index in [1.807, 2.05) is 46.8 Å². The van der Waals surface area contributed by atoms with Gasteiger partial charge in [0.05, 0.1) is 24.9 Å². The van der Waals surface area contributed by atoms with Gasteiger partial charge in [0.15, 0.2) is 12.9 Å². The third-order valence-electron chi connectivity index (χ3n) is 15.4. The highest BCUT2D eigenvalue weighted by Crippen LogP contribution is 2.67. The lowest BCUT2D eigenvalue weighted by atomic mass is 9.44. The Balaban J connectivity index is 1.05. The molecule has 4 aliphatic carbocycles. The van der Waals surface area contributed by atoms with Gasteiger partial charge in [0.1, 0.15) is 19.0 Å². The summed E-state index contributed by atoms with van der Waals surface area (Å²) in [7, 11) is 0. The summed E-state index contributed by atoms with van der Waals surface area (Å²) in [4.78, 5) is 62.4. The van der Waals surface area contributed by atoms with E-state index in [0.29, 0.717) is 23.0 Å². The molecule has 0 N–H and O–H groups in total. The number of hydrogen-bond acceptors (Lipinski definition) is 10. The van der Waals surface area contributed by atoms with Crippen LogP contribution in [0.4, 0.5) is 0 Å².